The zero-order chi connectivity index (χ0) is 29.5. The average Bonchev–Trinajstić information content (AvgIpc) is 3.55. The van der Waals surface area contributed by atoms with Crippen molar-refractivity contribution in [2.75, 3.05) is 13.7 Å². The largest absolute Gasteiger partial charge is 0.496 e. The van der Waals surface area contributed by atoms with Crippen LogP contribution in [0.25, 0.3) is 28.2 Å². The molecule has 1 atom stereocenters. The van der Waals surface area contributed by atoms with Gasteiger partial charge in [-0.05, 0) is 61.0 Å². The number of halogens is 2. The zero-order valence-corrected chi connectivity index (χ0v) is 25.1. The number of carbonyl (C=O) groups excluding carboxylic acids is 1. The van der Waals surface area contributed by atoms with Crippen LogP contribution in [0.1, 0.15) is 31.2 Å². The molecular weight excluding hydrogens is 595 g/mol. The molecule has 7 nitrogen and oxygen atoms in total. The number of rotatable bonds is 6. The number of hydrogen-bond donors (Lipinski definition) is 0. The molecule has 3 heterocycles. The lowest BCUT2D eigenvalue weighted by atomic mass is 9.90. The first-order valence-electron chi connectivity index (χ1n) is 13.1. The lowest BCUT2D eigenvalue weighted by Crippen LogP contribution is -2.40. The first-order valence-corrected chi connectivity index (χ1v) is 14.7. The highest BCUT2D eigenvalue weighted by atomic mass is 35.5. The molecule has 6 rings (SSSR count). The van der Waals surface area contributed by atoms with Gasteiger partial charge in [-0.15, -0.1) is 0 Å². The van der Waals surface area contributed by atoms with Crippen molar-refractivity contribution in [2.45, 2.75) is 19.9 Å². The standard InChI is InChI=1S/C32H24Cl2N2O5S/c1-4-40-31(38)27-17(2)35-32-36(29(27)28-21-8-6-5-7-18(21)9-13-25(28)39-3)30(37)26(42-32)16-20-11-14-24(41-20)22-12-10-19(33)15-23(22)34/h5-16,29H,4H2,1-3H3/b26-16-. The average molecular weight is 620 g/mol. The lowest BCUT2D eigenvalue weighted by molar-refractivity contribution is -0.139. The molecule has 10 heteroatoms. The predicted molar refractivity (Wildman–Crippen MR) is 165 cm³/mol. The van der Waals surface area contributed by atoms with Gasteiger partial charge in [0.2, 0.25) is 0 Å². The van der Waals surface area contributed by atoms with Crippen molar-refractivity contribution in [3.63, 3.8) is 0 Å². The van der Waals surface area contributed by atoms with E-state index in [0.29, 0.717) is 53.5 Å². The number of carbonyl (C=O) groups is 1. The third kappa shape index (κ3) is 4.85. The van der Waals surface area contributed by atoms with Gasteiger partial charge in [-0.1, -0.05) is 64.9 Å². The summed E-state index contributed by atoms with van der Waals surface area (Å²) in [5, 5.41) is 2.76. The van der Waals surface area contributed by atoms with Gasteiger partial charge in [-0.3, -0.25) is 9.36 Å². The summed E-state index contributed by atoms with van der Waals surface area (Å²) in [6.07, 6.45) is 1.66. The summed E-state index contributed by atoms with van der Waals surface area (Å²) in [5.74, 6) is 1.00. The van der Waals surface area contributed by atoms with Crippen molar-refractivity contribution in [1.82, 2.24) is 4.57 Å². The van der Waals surface area contributed by atoms with E-state index in [1.165, 1.54) is 11.3 Å². The Morgan fingerprint density at radius 3 is 2.69 bits per heavy atom. The highest BCUT2D eigenvalue weighted by molar-refractivity contribution is 7.07. The molecule has 2 aromatic heterocycles. The molecule has 42 heavy (non-hydrogen) atoms. The van der Waals surface area contributed by atoms with Gasteiger partial charge in [-0.25, -0.2) is 9.79 Å². The second kappa shape index (κ2) is 11.3. The third-order valence-electron chi connectivity index (χ3n) is 7.04. The number of aromatic nitrogens is 1. The highest BCUT2D eigenvalue weighted by Crippen LogP contribution is 2.40. The minimum Gasteiger partial charge on any atom is -0.496 e. The van der Waals surface area contributed by atoms with E-state index in [4.69, 9.17) is 37.1 Å². The molecule has 0 amide bonds. The molecular formula is C32H24Cl2N2O5S. The molecule has 0 aliphatic carbocycles. The Balaban J connectivity index is 1.56. The van der Waals surface area contributed by atoms with Crippen molar-refractivity contribution in [3.8, 4) is 17.1 Å². The van der Waals surface area contributed by atoms with Crippen LogP contribution in [0, 0.1) is 0 Å². The Bertz CT molecular complexity index is 2090. The summed E-state index contributed by atoms with van der Waals surface area (Å²) < 4.78 is 19.2. The third-order valence-corrected chi connectivity index (χ3v) is 8.57. The molecule has 0 saturated heterocycles. The summed E-state index contributed by atoms with van der Waals surface area (Å²) in [4.78, 5) is 32.7. The Hall–Kier alpha value is -4.11. The van der Waals surface area contributed by atoms with E-state index in [2.05, 4.69) is 4.99 Å². The van der Waals surface area contributed by atoms with Gasteiger partial charge in [0.25, 0.3) is 5.56 Å². The number of allylic oxidation sites excluding steroid dienone is 1. The SMILES string of the molecule is CCOC(=O)C1=C(C)N=c2s/c(=C\c3ccc(-c4ccc(Cl)cc4Cl)o3)c(=O)n2C1c1c(OC)ccc2ccccc12. The first kappa shape index (κ1) is 28.0. The van der Waals surface area contributed by atoms with Crippen molar-refractivity contribution in [2.24, 2.45) is 4.99 Å². The van der Waals surface area contributed by atoms with Crippen LogP contribution in [0.4, 0.5) is 0 Å². The Morgan fingerprint density at radius 2 is 1.93 bits per heavy atom. The van der Waals surface area contributed by atoms with E-state index < -0.39 is 12.0 Å². The second-order valence-corrected chi connectivity index (χ2v) is 11.4. The van der Waals surface area contributed by atoms with Gasteiger partial charge in [0.15, 0.2) is 4.80 Å². The van der Waals surface area contributed by atoms with Crippen molar-refractivity contribution in [3.05, 3.63) is 119 Å². The van der Waals surface area contributed by atoms with Crippen LogP contribution in [-0.4, -0.2) is 24.3 Å². The van der Waals surface area contributed by atoms with Gasteiger partial charge in [0.1, 0.15) is 23.3 Å². The van der Waals surface area contributed by atoms with Crippen molar-refractivity contribution >= 4 is 57.4 Å². The molecule has 1 aliphatic heterocycles. The minimum atomic E-state index is -0.830. The van der Waals surface area contributed by atoms with E-state index in [1.807, 2.05) is 36.4 Å². The molecule has 0 N–H and O–H groups in total. The molecule has 1 aliphatic rings. The van der Waals surface area contributed by atoms with E-state index in [0.717, 1.165) is 10.8 Å². The second-order valence-electron chi connectivity index (χ2n) is 9.53. The highest BCUT2D eigenvalue weighted by Gasteiger charge is 2.36. The Labute approximate surface area is 254 Å². The Morgan fingerprint density at radius 1 is 1.12 bits per heavy atom. The van der Waals surface area contributed by atoms with Gasteiger partial charge in [-0.2, -0.15) is 0 Å². The Kier molecular flexibility index (Phi) is 7.53. The van der Waals surface area contributed by atoms with E-state index in [-0.39, 0.29) is 17.7 Å². The molecule has 0 spiro atoms. The van der Waals surface area contributed by atoms with Gasteiger partial charge in [0, 0.05) is 22.2 Å². The number of furan rings is 1. The maximum atomic E-state index is 14.1. The number of hydrogen-bond acceptors (Lipinski definition) is 7. The molecule has 3 aromatic carbocycles. The van der Waals surface area contributed by atoms with Crippen molar-refractivity contribution < 1.29 is 18.7 Å². The van der Waals surface area contributed by atoms with Crippen LogP contribution >= 0.6 is 34.5 Å². The molecule has 0 saturated carbocycles. The molecule has 5 aromatic rings. The van der Waals surface area contributed by atoms with Gasteiger partial charge in [0.05, 0.1) is 34.5 Å². The summed E-state index contributed by atoms with van der Waals surface area (Å²) in [6, 6.07) is 19.4. The van der Waals surface area contributed by atoms with Gasteiger partial charge < -0.3 is 13.9 Å². The van der Waals surface area contributed by atoms with Crippen LogP contribution in [0.15, 0.2) is 92.2 Å². The lowest BCUT2D eigenvalue weighted by Gasteiger charge is -2.27. The predicted octanol–water partition coefficient (Wildman–Crippen LogP) is 6.53. The van der Waals surface area contributed by atoms with Gasteiger partial charge >= 0.3 is 5.97 Å². The topological polar surface area (TPSA) is 83.0 Å². The fourth-order valence-electron chi connectivity index (χ4n) is 5.19. The smallest absolute Gasteiger partial charge is 0.338 e. The fraction of sp³-hybridized carbons (Fsp3) is 0.156. The van der Waals surface area contributed by atoms with Crippen LogP contribution in [0.5, 0.6) is 5.75 Å². The fourth-order valence-corrected chi connectivity index (χ4v) is 6.72. The molecule has 0 fully saturated rings. The van der Waals surface area contributed by atoms with Crippen LogP contribution in [-0.2, 0) is 9.53 Å². The van der Waals surface area contributed by atoms with Crippen LogP contribution in [0.3, 0.4) is 0 Å². The zero-order valence-electron chi connectivity index (χ0n) is 22.8. The van der Waals surface area contributed by atoms with E-state index in [9.17, 15) is 9.59 Å². The monoisotopic (exact) mass is 618 g/mol. The van der Waals surface area contributed by atoms with Crippen LogP contribution in [0.2, 0.25) is 10.0 Å². The number of benzene rings is 3. The normalized spacial score (nSPS) is 15.1. The summed E-state index contributed by atoms with van der Waals surface area (Å²) in [7, 11) is 1.57. The summed E-state index contributed by atoms with van der Waals surface area (Å²) in [5.41, 5.74) is 1.79. The van der Waals surface area contributed by atoms with Crippen molar-refractivity contribution in [1.29, 1.82) is 0 Å². The molecule has 212 valence electrons. The van der Waals surface area contributed by atoms with Crippen LogP contribution < -0.4 is 19.6 Å². The quantitative estimate of drug-likeness (QED) is 0.202. The number of methoxy groups -OCH3 is 1. The number of fused-ring (bicyclic) bond motifs is 2. The number of ether oxygens (including phenoxy) is 2. The number of thiazole rings is 1. The summed E-state index contributed by atoms with van der Waals surface area (Å²) >= 11 is 13.6. The number of esters is 1. The summed E-state index contributed by atoms with van der Waals surface area (Å²) in [6.45, 7) is 3.67. The number of nitrogens with zero attached hydrogens (tertiary/aromatic N) is 2. The molecule has 1 unspecified atom stereocenters. The molecule has 0 bridgehead atoms. The van der Waals surface area contributed by atoms with E-state index in [1.54, 1.807) is 61.9 Å². The first-order chi connectivity index (χ1) is 20.3. The molecule has 0 radical (unpaired) electrons. The van der Waals surface area contributed by atoms with E-state index >= 15 is 0 Å². The maximum Gasteiger partial charge on any atom is 0.338 e. The minimum absolute atomic E-state index is 0.178. The maximum absolute atomic E-state index is 14.1.